The second-order valence-electron chi connectivity index (χ2n) is 5.79. The highest BCUT2D eigenvalue weighted by molar-refractivity contribution is 7.93. The van der Waals surface area contributed by atoms with Crippen LogP contribution in [0.4, 0.5) is 5.69 Å². The average Bonchev–Trinajstić information content (AvgIpc) is 2.85. The highest BCUT2D eigenvalue weighted by Crippen LogP contribution is 2.41. The number of ether oxygens (including phenoxy) is 1. The van der Waals surface area contributed by atoms with Crippen LogP contribution in [-0.2, 0) is 26.2 Å². The molecule has 1 aromatic heterocycles. The Kier molecular flexibility index (Phi) is 4.05. The minimum atomic E-state index is -3.78. The Balaban J connectivity index is 1.56. The van der Waals surface area contributed by atoms with Crippen molar-refractivity contribution in [2.45, 2.75) is 11.5 Å². The van der Waals surface area contributed by atoms with Crippen LogP contribution in [0.3, 0.4) is 0 Å². The molecule has 0 radical (unpaired) electrons. The Labute approximate surface area is 155 Å². The van der Waals surface area contributed by atoms with Gasteiger partial charge in [-0.1, -0.05) is 41.9 Å². The van der Waals surface area contributed by atoms with E-state index in [9.17, 15) is 13.2 Å². The molecule has 132 valence electrons. The second kappa shape index (κ2) is 6.26. The van der Waals surface area contributed by atoms with Crippen molar-refractivity contribution in [2.24, 2.45) is 0 Å². The van der Waals surface area contributed by atoms with E-state index in [1.807, 2.05) is 12.1 Å². The fourth-order valence-electron chi connectivity index (χ4n) is 2.95. The third-order valence-electron chi connectivity index (χ3n) is 4.14. The van der Waals surface area contributed by atoms with E-state index in [4.69, 9.17) is 16.3 Å². The highest BCUT2D eigenvalue weighted by atomic mass is 35.5. The minimum Gasteiger partial charge on any atom is -0.459 e. The van der Waals surface area contributed by atoms with Gasteiger partial charge >= 0.3 is 5.97 Å². The number of esters is 1. The molecule has 0 unspecified atom stereocenters. The SMILES string of the molecule is O=C(CN1c2cccc3cccc(c23)S1(=O)=O)OCc1ccc(Cl)nc1. The summed E-state index contributed by atoms with van der Waals surface area (Å²) in [6.45, 7) is -0.398. The molecule has 0 saturated heterocycles. The van der Waals surface area contributed by atoms with Crippen molar-refractivity contribution >= 4 is 44.1 Å². The molecule has 0 atom stereocenters. The van der Waals surface area contributed by atoms with Crippen LogP contribution in [-0.4, -0.2) is 25.9 Å². The fraction of sp³-hybridized carbons (Fsp3) is 0.111. The predicted molar refractivity (Wildman–Crippen MR) is 97.5 cm³/mol. The van der Waals surface area contributed by atoms with Crippen molar-refractivity contribution in [3.05, 3.63) is 65.4 Å². The molecule has 0 saturated carbocycles. The number of hydrogen-bond acceptors (Lipinski definition) is 5. The van der Waals surface area contributed by atoms with E-state index in [0.29, 0.717) is 21.8 Å². The van der Waals surface area contributed by atoms with Gasteiger partial charge in [-0.15, -0.1) is 0 Å². The number of halogens is 1. The van der Waals surface area contributed by atoms with Gasteiger partial charge in [0.05, 0.1) is 10.6 Å². The summed E-state index contributed by atoms with van der Waals surface area (Å²) in [5, 5.41) is 1.78. The first-order chi connectivity index (χ1) is 12.5. The lowest BCUT2D eigenvalue weighted by Crippen LogP contribution is -2.33. The molecule has 1 aliphatic rings. The number of rotatable bonds is 4. The van der Waals surface area contributed by atoms with E-state index in [2.05, 4.69) is 4.98 Å². The normalized spacial score (nSPS) is 14.6. The van der Waals surface area contributed by atoms with Crippen molar-refractivity contribution in [3.8, 4) is 0 Å². The van der Waals surface area contributed by atoms with Gasteiger partial charge in [0.2, 0.25) is 0 Å². The van der Waals surface area contributed by atoms with Crippen LogP contribution >= 0.6 is 11.6 Å². The van der Waals surface area contributed by atoms with E-state index in [1.54, 1.807) is 36.4 Å². The van der Waals surface area contributed by atoms with E-state index in [1.165, 1.54) is 6.20 Å². The minimum absolute atomic E-state index is 0.00591. The maximum absolute atomic E-state index is 12.8. The molecule has 0 spiro atoms. The average molecular weight is 389 g/mol. The van der Waals surface area contributed by atoms with Crippen LogP contribution in [0.1, 0.15) is 5.56 Å². The van der Waals surface area contributed by atoms with Gasteiger partial charge in [0.15, 0.2) is 0 Å². The van der Waals surface area contributed by atoms with E-state index in [-0.39, 0.29) is 11.5 Å². The molecule has 0 aliphatic carbocycles. The zero-order valence-corrected chi connectivity index (χ0v) is 15.0. The molecule has 6 nitrogen and oxygen atoms in total. The van der Waals surface area contributed by atoms with E-state index < -0.39 is 22.5 Å². The van der Waals surface area contributed by atoms with E-state index in [0.717, 1.165) is 9.69 Å². The first-order valence-electron chi connectivity index (χ1n) is 7.77. The van der Waals surface area contributed by atoms with Crippen molar-refractivity contribution in [1.29, 1.82) is 0 Å². The summed E-state index contributed by atoms with van der Waals surface area (Å²) in [6, 6.07) is 13.6. The summed E-state index contributed by atoms with van der Waals surface area (Å²) >= 11 is 5.71. The molecular weight excluding hydrogens is 376 g/mol. The van der Waals surface area contributed by atoms with Gasteiger partial charge in [0, 0.05) is 17.1 Å². The molecular formula is C18H13ClN2O4S. The number of nitrogens with zero attached hydrogens (tertiary/aromatic N) is 2. The number of carbonyl (C=O) groups excluding carboxylic acids is 1. The number of aromatic nitrogens is 1. The van der Waals surface area contributed by atoms with Crippen molar-refractivity contribution < 1.29 is 17.9 Å². The molecule has 2 heterocycles. The molecule has 4 rings (SSSR count). The first-order valence-corrected chi connectivity index (χ1v) is 9.59. The summed E-state index contributed by atoms with van der Waals surface area (Å²) < 4.78 is 31.9. The Morgan fingerprint density at radius 3 is 2.62 bits per heavy atom. The maximum Gasteiger partial charge on any atom is 0.327 e. The lowest BCUT2D eigenvalue weighted by atomic mass is 10.1. The summed E-state index contributed by atoms with van der Waals surface area (Å²) in [6.07, 6.45) is 1.50. The van der Waals surface area contributed by atoms with Crippen LogP contribution < -0.4 is 4.31 Å². The lowest BCUT2D eigenvalue weighted by molar-refractivity contribution is -0.143. The third-order valence-corrected chi connectivity index (χ3v) is 6.17. The van der Waals surface area contributed by atoms with Gasteiger partial charge in [-0.2, -0.15) is 0 Å². The summed E-state index contributed by atoms with van der Waals surface area (Å²) in [7, 11) is -3.78. The first kappa shape index (κ1) is 16.8. The van der Waals surface area contributed by atoms with Gasteiger partial charge in [-0.3, -0.25) is 9.10 Å². The zero-order chi connectivity index (χ0) is 18.3. The second-order valence-corrected chi connectivity index (χ2v) is 8.01. The molecule has 0 bridgehead atoms. The van der Waals surface area contributed by atoms with Crippen LogP contribution in [0.25, 0.3) is 10.8 Å². The van der Waals surface area contributed by atoms with Crippen LogP contribution in [0.15, 0.2) is 59.6 Å². The molecule has 0 fully saturated rings. The molecule has 26 heavy (non-hydrogen) atoms. The lowest BCUT2D eigenvalue weighted by Gasteiger charge is -2.17. The topological polar surface area (TPSA) is 76.6 Å². The van der Waals surface area contributed by atoms with Gasteiger partial charge in [-0.25, -0.2) is 13.4 Å². The van der Waals surface area contributed by atoms with Crippen LogP contribution in [0.5, 0.6) is 0 Å². The number of pyridine rings is 1. The van der Waals surface area contributed by atoms with Gasteiger partial charge < -0.3 is 4.74 Å². The molecule has 0 N–H and O–H groups in total. The smallest absolute Gasteiger partial charge is 0.327 e. The van der Waals surface area contributed by atoms with Gasteiger partial charge in [0.25, 0.3) is 10.0 Å². The largest absolute Gasteiger partial charge is 0.459 e. The molecule has 8 heteroatoms. The molecule has 2 aromatic carbocycles. The Bertz CT molecular complexity index is 1110. The molecule has 3 aromatic rings. The highest BCUT2D eigenvalue weighted by Gasteiger charge is 2.36. The maximum atomic E-state index is 12.8. The third kappa shape index (κ3) is 2.79. The number of benzene rings is 2. The predicted octanol–water partition coefficient (Wildman–Crippen LogP) is 3.14. The quantitative estimate of drug-likeness (QED) is 0.507. The zero-order valence-electron chi connectivity index (χ0n) is 13.4. The van der Waals surface area contributed by atoms with Gasteiger partial charge in [0.1, 0.15) is 18.3 Å². The van der Waals surface area contributed by atoms with Gasteiger partial charge in [-0.05, 0) is 23.6 Å². The van der Waals surface area contributed by atoms with Crippen LogP contribution in [0.2, 0.25) is 5.15 Å². The molecule has 1 aliphatic heterocycles. The number of hydrogen-bond donors (Lipinski definition) is 0. The van der Waals surface area contributed by atoms with Crippen molar-refractivity contribution in [3.63, 3.8) is 0 Å². The van der Waals surface area contributed by atoms with Crippen molar-refractivity contribution in [1.82, 2.24) is 4.98 Å². The Morgan fingerprint density at radius 1 is 1.12 bits per heavy atom. The fourth-order valence-corrected chi connectivity index (χ4v) is 4.71. The monoisotopic (exact) mass is 388 g/mol. The number of carbonyl (C=O) groups is 1. The van der Waals surface area contributed by atoms with E-state index >= 15 is 0 Å². The molecule has 0 amide bonds. The summed E-state index contributed by atoms with van der Waals surface area (Å²) in [5.41, 5.74) is 1.15. The number of anilines is 1. The Morgan fingerprint density at radius 2 is 1.88 bits per heavy atom. The van der Waals surface area contributed by atoms with Crippen molar-refractivity contribution in [2.75, 3.05) is 10.8 Å². The summed E-state index contributed by atoms with van der Waals surface area (Å²) in [4.78, 5) is 16.3. The number of sulfonamides is 1. The van der Waals surface area contributed by atoms with Crippen LogP contribution in [0, 0.1) is 0 Å². The summed E-state index contributed by atoms with van der Waals surface area (Å²) in [5.74, 6) is -0.645. The Hall–Kier alpha value is -2.64. The standard InChI is InChI=1S/C18H13ClN2O4S/c19-16-8-7-12(9-20-16)11-25-17(22)10-21-14-5-1-3-13-4-2-6-15(18(13)14)26(21,23)24/h1-9H,10-11H2.